The van der Waals surface area contributed by atoms with Crippen LogP contribution in [0.1, 0.15) is 19.8 Å². The van der Waals surface area contributed by atoms with Gasteiger partial charge in [-0.15, -0.1) is 0 Å². The molecule has 2 N–H and O–H groups in total. The van der Waals surface area contributed by atoms with Gasteiger partial charge in [-0.3, -0.25) is 14.4 Å². The van der Waals surface area contributed by atoms with E-state index in [-0.39, 0.29) is 72.9 Å². The monoisotopic (exact) mass is 611 g/mol. The Hall–Kier alpha value is -3.12. The molecule has 2 aliphatic rings. The van der Waals surface area contributed by atoms with Crippen LogP contribution >= 0.6 is 23.2 Å². The quantitative estimate of drug-likeness (QED) is 0.374. The zero-order chi connectivity index (χ0) is 29.5. The van der Waals surface area contributed by atoms with Crippen LogP contribution in [0.2, 0.25) is 10.0 Å². The van der Waals surface area contributed by atoms with Gasteiger partial charge in [0, 0.05) is 30.3 Å². The van der Waals surface area contributed by atoms with Gasteiger partial charge in [-0.2, -0.15) is 0 Å². The maximum Gasteiger partial charge on any atom is 0.263 e. The molecule has 0 aromatic heterocycles. The molecule has 1 aliphatic carbocycles. The lowest BCUT2D eigenvalue weighted by molar-refractivity contribution is -0.130. The number of nitrogens with one attached hydrogen (secondary N) is 2. The molecule has 2 aromatic rings. The van der Waals surface area contributed by atoms with Gasteiger partial charge in [-0.25, -0.2) is 4.39 Å². The zero-order valence-corrected chi connectivity index (χ0v) is 24.2. The predicted molar refractivity (Wildman–Crippen MR) is 150 cm³/mol. The first-order valence-electron chi connectivity index (χ1n) is 13.2. The molecule has 13 heteroatoms. The van der Waals surface area contributed by atoms with Crippen LogP contribution in [0.25, 0.3) is 0 Å². The Morgan fingerprint density at radius 1 is 1.07 bits per heavy atom. The Bertz CT molecular complexity index is 1270. The number of carbonyl (C=O) groups is 3. The van der Waals surface area contributed by atoms with E-state index in [1.54, 1.807) is 18.2 Å². The van der Waals surface area contributed by atoms with Crippen molar-refractivity contribution in [3.8, 4) is 11.5 Å². The Labute approximate surface area is 247 Å². The Morgan fingerprint density at radius 2 is 1.88 bits per heavy atom. The number of nitrogens with zero attached hydrogens (tertiary/aromatic N) is 1. The van der Waals surface area contributed by atoms with E-state index >= 15 is 0 Å². The SMILES string of the molecule is COCCOCC(=O)N1CC(C(=O)NC2CC(NC(=O)COc3ccc(Cl)c(F)c3)CC2C)Oc2ccc(Cl)cc21. The third-order valence-electron chi connectivity index (χ3n) is 6.92. The first kappa shape index (κ1) is 30.8. The second-order valence-corrected chi connectivity index (χ2v) is 10.8. The fourth-order valence-corrected chi connectivity index (χ4v) is 5.12. The highest BCUT2D eigenvalue weighted by molar-refractivity contribution is 6.31. The molecule has 3 amide bonds. The van der Waals surface area contributed by atoms with E-state index < -0.39 is 11.9 Å². The lowest BCUT2D eigenvalue weighted by Crippen LogP contribution is -2.53. The van der Waals surface area contributed by atoms with E-state index in [1.165, 1.54) is 24.1 Å². The van der Waals surface area contributed by atoms with E-state index in [2.05, 4.69) is 10.6 Å². The normalized spacial score (nSPS) is 21.5. The van der Waals surface area contributed by atoms with E-state index in [9.17, 15) is 18.8 Å². The summed E-state index contributed by atoms with van der Waals surface area (Å²) < 4.78 is 35.2. The molecule has 4 atom stereocenters. The van der Waals surface area contributed by atoms with Crippen LogP contribution in [0.3, 0.4) is 0 Å². The van der Waals surface area contributed by atoms with Crippen LogP contribution in [-0.4, -0.2) is 76.0 Å². The highest BCUT2D eigenvalue weighted by atomic mass is 35.5. The summed E-state index contributed by atoms with van der Waals surface area (Å²) in [5, 5.41) is 6.31. The highest BCUT2D eigenvalue weighted by Crippen LogP contribution is 2.36. The van der Waals surface area contributed by atoms with Gasteiger partial charge in [-0.1, -0.05) is 30.1 Å². The van der Waals surface area contributed by atoms with Crippen LogP contribution in [-0.2, 0) is 23.9 Å². The number of fused-ring (bicyclic) bond motifs is 1. The number of methoxy groups -OCH3 is 1. The zero-order valence-electron chi connectivity index (χ0n) is 22.7. The summed E-state index contributed by atoms with van der Waals surface area (Å²) in [5.41, 5.74) is 0.461. The average molecular weight is 612 g/mol. The van der Waals surface area contributed by atoms with Gasteiger partial charge < -0.3 is 34.5 Å². The van der Waals surface area contributed by atoms with Gasteiger partial charge in [0.25, 0.3) is 17.7 Å². The molecule has 0 radical (unpaired) electrons. The lowest BCUT2D eigenvalue weighted by atomic mass is 10.1. The van der Waals surface area contributed by atoms with E-state index in [0.29, 0.717) is 35.9 Å². The summed E-state index contributed by atoms with van der Waals surface area (Å²) in [7, 11) is 1.54. The van der Waals surface area contributed by atoms with Gasteiger partial charge in [0.1, 0.15) is 23.9 Å². The van der Waals surface area contributed by atoms with Crippen molar-refractivity contribution in [1.82, 2.24) is 10.6 Å². The third kappa shape index (κ3) is 8.22. The number of amides is 3. The van der Waals surface area contributed by atoms with Crippen molar-refractivity contribution in [3.63, 3.8) is 0 Å². The Morgan fingerprint density at radius 3 is 2.63 bits per heavy atom. The average Bonchev–Trinajstić information content (AvgIpc) is 3.28. The summed E-state index contributed by atoms with van der Waals surface area (Å²) in [5.74, 6) is -1.10. The van der Waals surface area contributed by atoms with Crippen LogP contribution < -0.4 is 25.0 Å². The van der Waals surface area contributed by atoms with Crippen LogP contribution in [0, 0.1) is 11.7 Å². The highest BCUT2D eigenvalue weighted by Gasteiger charge is 2.38. The minimum Gasteiger partial charge on any atom is -0.484 e. The number of ether oxygens (including phenoxy) is 4. The Kier molecular flexibility index (Phi) is 10.7. The number of benzene rings is 2. The first-order valence-corrected chi connectivity index (χ1v) is 13.9. The molecule has 4 rings (SSSR count). The fraction of sp³-hybridized carbons (Fsp3) is 0.464. The summed E-state index contributed by atoms with van der Waals surface area (Å²) in [6.45, 7) is 2.08. The smallest absolute Gasteiger partial charge is 0.263 e. The molecule has 4 unspecified atom stereocenters. The second-order valence-electron chi connectivity index (χ2n) is 9.96. The molecule has 2 aromatic carbocycles. The molecule has 222 valence electrons. The van der Waals surface area contributed by atoms with Gasteiger partial charge in [-0.05, 0) is 49.1 Å². The molecule has 1 heterocycles. The van der Waals surface area contributed by atoms with E-state index in [4.69, 9.17) is 42.1 Å². The molecular formula is C28H32Cl2FN3O7. The fourth-order valence-electron chi connectivity index (χ4n) is 4.84. The molecular weight excluding hydrogens is 580 g/mol. The first-order chi connectivity index (χ1) is 19.6. The molecule has 0 saturated heterocycles. The molecule has 0 bridgehead atoms. The third-order valence-corrected chi connectivity index (χ3v) is 7.46. The maximum atomic E-state index is 13.6. The van der Waals surface area contributed by atoms with Crippen molar-refractivity contribution in [2.45, 2.75) is 38.0 Å². The summed E-state index contributed by atoms with van der Waals surface area (Å²) in [6.07, 6.45) is 0.187. The number of rotatable bonds is 11. The number of anilines is 1. The van der Waals surface area contributed by atoms with Crippen molar-refractivity contribution >= 4 is 46.6 Å². The van der Waals surface area contributed by atoms with Crippen LogP contribution in [0.15, 0.2) is 36.4 Å². The minimum atomic E-state index is -0.958. The number of halogens is 3. The standard InChI is InChI=1S/C28H32Cl2FN3O7/c1-16-9-18(32-26(35)14-40-19-4-5-20(30)21(31)12-19)11-22(16)33-28(37)25-13-34(27(36)15-39-8-7-38-2)23-10-17(29)3-6-24(23)41-25/h3-6,10,12,16,18,22,25H,7-9,11,13-15H2,1-2H3,(H,32,35)(H,33,37). The van der Waals surface area contributed by atoms with Gasteiger partial charge >= 0.3 is 0 Å². The maximum absolute atomic E-state index is 13.6. The summed E-state index contributed by atoms with van der Waals surface area (Å²) in [4.78, 5) is 40.1. The lowest BCUT2D eigenvalue weighted by Gasteiger charge is -2.35. The van der Waals surface area contributed by atoms with Crippen molar-refractivity contribution in [1.29, 1.82) is 0 Å². The molecule has 10 nitrogen and oxygen atoms in total. The van der Waals surface area contributed by atoms with Crippen LogP contribution in [0.4, 0.5) is 10.1 Å². The summed E-state index contributed by atoms with van der Waals surface area (Å²) in [6, 6.07) is 8.38. The van der Waals surface area contributed by atoms with Gasteiger partial charge in [0.05, 0.1) is 30.5 Å². The van der Waals surface area contributed by atoms with Gasteiger partial charge in [0.2, 0.25) is 0 Å². The Balaban J connectivity index is 1.31. The number of carbonyl (C=O) groups excluding carboxylic acids is 3. The largest absolute Gasteiger partial charge is 0.484 e. The van der Waals surface area contributed by atoms with E-state index in [1.807, 2.05) is 6.92 Å². The topological polar surface area (TPSA) is 115 Å². The molecule has 1 aliphatic heterocycles. The van der Waals surface area contributed by atoms with Crippen LogP contribution in [0.5, 0.6) is 11.5 Å². The van der Waals surface area contributed by atoms with Crippen molar-refractivity contribution in [2.75, 3.05) is 45.0 Å². The van der Waals surface area contributed by atoms with Crippen molar-refractivity contribution < 1.29 is 37.7 Å². The molecule has 1 fully saturated rings. The second kappa shape index (κ2) is 14.2. The van der Waals surface area contributed by atoms with Gasteiger partial charge in [0.15, 0.2) is 12.7 Å². The summed E-state index contributed by atoms with van der Waals surface area (Å²) >= 11 is 11.8. The van der Waals surface area contributed by atoms with Crippen molar-refractivity contribution in [2.24, 2.45) is 5.92 Å². The molecule has 1 saturated carbocycles. The number of hydrogen-bond donors (Lipinski definition) is 2. The number of hydrogen-bond acceptors (Lipinski definition) is 7. The van der Waals surface area contributed by atoms with Crippen molar-refractivity contribution in [3.05, 3.63) is 52.3 Å². The molecule has 41 heavy (non-hydrogen) atoms. The van der Waals surface area contributed by atoms with E-state index in [0.717, 1.165) is 6.07 Å². The molecule has 0 spiro atoms. The minimum absolute atomic E-state index is 0.0183. The predicted octanol–water partition coefficient (Wildman–Crippen LogP) is 3.37.